The molecule has 0 fully saturated rings. The van der Waals surface area contributed by atoms with Crippen LogP contribution in [0.25, 0.3) is 0 Å². The van der Waals surface area contributed by atoms with Crippen LogP contribution in [-0.2, 0) is 9.53 Å². The summed E-state index contributed by atoms with van der Waals surface area (Å²) in [6.07, 6.45) is -1.27. The number of anilines is 1. The minimum Gasteiger partial charge on any atom is -0.497 e. The Hall–Kier alpha value is -3.60. The normalized spacial score (nSPS) is 16.8. The van der Waals surface area contributed by atoms with Crippen LogP contribution in [0, 0.1) is 10.1 Å². The van der Waals surface area contributed by atoms with Crippen molar-refractivity contribution in [1.82, 2.24) is 4.90 Å². The van der Waals surface area contributed by atoms with Gasteiger partial charge in [-0.2, -0.15) is 0 Å². The number of nitro benzene ring substituents is 1. The van der Waals surface area contributed by atoms with Crippen LogP contribution in [0.4, 0.5) is 11.4 Å². The molecule has 9 nitrogen and oxygen atoms in total. The second-order valence-electron chi connectivity index (χ2n) is 9.04. The van der Waals surface area contributed by atoms with E-state index in [9.17, 15) is 19.7 Å². The quantitative estimate of drug-likeness (QED) is 0.163. The fourth-order valence-corrected chi connectivity index (χ4v) is 6.03. The molecule has 1 heterocycles. The molecule has 0 bridgehead atoms. The maximum Gasteiger partial charge on any atom is 0.346 e. The predicted molar refractivity (Wildman–Crippen MR) is 155 cm³/mol. The molecule has 0 radical (unpaired) electrons. The summed E-state index contributed by atoms with van der Waals surface area (Å²) >= 11 is 7.36. The third kappa shape index (κ3) is 6.41. The van der Waals surface area contributed by atoms with Crippen molar-refractivity contribution in [3.05, 3.63) is 93.0 Å². The maximum atomic E-state index is 14.3. The van der Waals surface area contributed by atoms with Crippen LogP contribution in [0.2, 0.25) is 5.02 Å². The molecule has 4 rings (SSSR count). The van der Waals surface area contributed by atoms with Gasteiger partial charge in [0.05, 0.1) is 23.0 Å². The Bertz CT molecular complexity index is 1380. The average molecular weight is 584 g/mol. The Balaban J connectivity index is 1.79. The first-order valence-corrected chi connectivity index (χ1v) is 14.1. The number of para-hydroxylation sites is 1. The molecular weight excluding hydrogens is 554 g/mol. The summed E-state index contributed by atoms with van der Waals surface area (Å²) in [4.78, 5) is 43.4. The predicted octanol–water partition coefficient (Wildman–Crippen LogP) is 6.00. The highest BCUT2D eigenvalue weighted by atomic mass is 35.5. The molecular formula is C29H30ClN3O6S. The molecule has 1 amide bonds. The first kappa shape index (κ1) is 29.4. The number of halogens is 1. The van der Waals surface area contributed by atoms with E-state index in [1.165, 1.54) is 23.9 Å². The Morgan fingerprint density at radius 2 is 1.80 bits per heavy atom. The average Bonchev–Trinajstić information content (AvgIpc) is 3.08. The van der Waals surface area contributed by atoms with E-state index < -0.39 is 33.8 Å². The van der Waals surface area contributed by atoms with Crippen LogP contribution < -0.4 is 9.64 Å². The minimum absolute atomic E-state index is 0.110. The molecule has 0 aliphatic carbocycles. The van der Waals surface area contributed by atoms with Gasteiger partial charge in [-0.05, 0) is 55.1 Å². The van der Waals surface area contributed by atoms with Gasteiger partial charge < -0.3 is 19.3 Å². The van der Waals surface area contributed by atoms with E-state index in [0.29, 0.717) is 18.8 Å². The van der Waals surface area contributed by atoms with E-state index >= 15 is 0 Å². The summed E-state index contributed by atoms with van der Waals surface area (Å²) in [6, 6.07) is 18.5. The molecule has 0 unspecified atom stereocenters. The monoisotopic (exact) mass is 583 g/mol. The van der Waals surface area contributed by atoms with Crippen LogP contribution in [0.3, 0.4) is 0 Å². The van der Waals surface area contributed by atoms with Crippen LogP contribution in [0.15, 0.2) is 71.6 Å². The molecule has 11 heteroatoms. The zero-order valence-corrected chi connectivity index (χ0v) is 24.0. The number of hydrogen-bond donors (Lipinski definition) is 0. The Morgan fingerprint density at radius 3 is 2.45 bits per heavy atom. The number of methoxy groups -OCH3 is 1. The van der Waals surface area contributed by atoms with Crippen molar-refractivity contribution in [2.24, 2.45) is 0 Å². The third-order valence-electron chi connectivity index (χ3n) is 6.78. The van der Waals surface area contributed by atoms with Gasteiger partial charge in [0.25, 0.3) is 11.6 Å². The first-order chi connectivity index (χ1) is 19.3. The fourth-order valence-electron chi connectivity index (χ4n) is 4.55. The van der Waals surface area contributed by atoms with E-state index in [1.807, 2.05) is 36.4 Å². The smallest absolute Gasteiger partial charge is 0.346 e. The first-order valence-electron chi connectivity index (χ1n) is 12.9. The van der Waals surface area contributed by atoms with Gasteiger partial charge in [0.15, 0.2) is 6.10 Å². The lowest BCUT2D eigenvalue weighted by Crippen LogP contribution is -2.46. The second-order valence-corrected chi connectivity index (χ2v) is 10.7. The van der Waals surface area contributed by atoms with Gasteiger partial charge in [-0.3, -0.25) is 14.9 Å². The highest BCUT2D eigenvalue weighted by Crippen LogP contribution is 2.47. The second kappa shape index (κ2) is 13.2. The zero-order chi connectivity index (χ0) is 28.8. The summed E-state index contributed by atoms with van der Waals surface area (Å²) in [6.45, 7) is 6.75. The maximum absolute atomic E-state index is 14.3. The molecule has 0 N–H and O–H groups in total. The largest absolute Gasteiger partial charge is 0.497 e. The van der Waals surface area contributed by atoms with Gasteiger partial charge in [-0.25, -0.2) is 4.79 Å². The molecule has 3 aromatic carbocycles. The highest BCUT2D eigenvalue weighted by Gasteiger charge is 2.42. The fraction of sp³-hybridized carbons (Fsp3) is 0.310. The Kier molecular flexibility index (Phi) is 9.67. The van der Waals surface area contributed by atoms with Gasteiger partial charge in [0.2, 0.25) is 0 Å². The van der Waals surface area contributed by atoms with Gasteiger partial charge in [-0.15, -0.1) is 11.8 Å². The Morgan fingerprint density at radius 1 is 1.10 bits per heavy atom. The minimum atomic E-state index is -1.27. The third-order valence-corrected chi connectivity index (χ3v) is 8.39. The van der Waals surface area contributed by atoms with Gasteiger partial charge in [-0.1, -0.05) is 49.7 Å². The summed E-state index contributed by atoms with van der Waals surface area (Å²) in [5, 5.41) is 11.2. The lowest BCUT2D eigenvalue weighted by molar-refractivity contribution is -0.385. The molecule has 1 aliphatic heterocycles. The summed E-state index contributed by atoms with van der Waals surface area (Å²) in [5.41, 5.74) is 0.688. The van der Waals surface area contributed by atoms with E-state index in [1.54, 1.807) is 24.1 Å². The molecule has 0 spiro atoms. The van der Waals surface area contributed by atoms with E-state index in [0.717, 1.165) is 35.3 Å². The van der Waals surface area contributed by atoms with Gasteiger partial charge >= 0.3 is 5.97 Å². The number of amides is 1. The van der Waals surface area contributed by atoms with Crippen molar-refractivity contribution >= 4 is 46.6 Å². The topological polar surface area (TPSA) is 102 Å². The zero-order valence-electron chi connectivity index (χ0n) is 22.4. The number of rotatable bonds is 10. The number of carbonyl (C=O) groups is 2. The molecule has 2 atom stereocenters. The number of ether oxygens (including phenoxy) is 2. The number of nitrogens with zero attached hydrogens (tertiary/aromatic N) is 3. The molecule has 0 saturated heterocycles. The van der Waals surface area contributed by atoms with Crippen molar-refractivity contribution in [2.45, 2.75) is 30.1 Å². The lowest BCUT2D eigenvalue weighted by atomic mass is 10.0. The van der Waals surface area contributed by atoms with Crippen molar-refractivity contribution in [1.29, 1.82) is 0 Å². The lowest BCUT2D eigenvalue weighted by Gasteiger charge is -2.29. The van der Waals surface area contributed by atoms with Crippen molar-refractivity contribution in [3.8, 4) is 5.75 Å². The molecule has 3 aromatic rings. The van der Waals surface area contributed by atoms with Gasteiger partial charge in [0, 0.05) is 29.1 Å². The van der Waals surface area contributed by atoms with Crippen molar-refractivity contribution in [3.63, 3.8) is 0 Å². The number of likely N-dealkylation sites (N-methyl/N-ethyl adjacent to an activating group) is 1. The summed E-state index contributed by atoms with van der Waals surface area (Å²) in [7, 11) is 1.56. The summed E-state index contributed by atoms with van der Waals surface area (Å²) in [5.74, 6) is -0.744. The molecule has 1 aliphatic rings. The van der Waals surface area contributed by atoms with E-state index in [-0.39, 0.29) is 10.6 Å². The number of thioether (sulfide) groups is 1. The van der Waals surface area contributed by atoms with Crippen molar-refractivity contribution < 1.29 is 24.0 Å². The van der Waals surface area contributed by atoms with Crippen LogP contribution >= 0.6 is 23.4 Å². The Labute approximate surface area is 242 Å². The number of hydrogen-bond acceptors (Lipinski definition) is 8. The molecule has 0 aromatic heterocycles. The van der Waals surface area contributed by atoms with Crippen LogP contribution in [0.5, 0.6) is 5.75 Å². The van der Waals surface area contributed by atoms with Crippen LogP contribution in [-0.4, -0.2) is 61.1 Å². The number of fused-ring (bicyclic) bond motifs is 1. The summed E-state index contributed by atoms with van der Waals surface area (Å²) < 4.78 is 11.2. The van der Waals surface area contributed by atoms with Crippen molar-refractivity contribution in [2.75, 3.05) is 38.2 Å². The standard InChI is InChI=1S/C29H30ClN3O6S/c1-4-31(5-2)16-17-32-23-8-6-7-9-25(23)40-27(19-10-13-21(38-3)14-11-19)26(28(32)34)39-29(35)22-15-12-20(30)18-24(22)33(36)37/h6-15,18,26-27H,4-5,16-17H2,1-3H3/t26-,27+/m1/s1. The number of carbonyl (C=O) groups excluding carboxylic acids is 2. The number of benzene rings is 3. The SMILES string of the molecule is CCN(CC)CCN1C(=O)[C@H](OC(=O)c2ccc(Cl)cc2[N+](=O)[O-])[C@H](c2ccc(OC)cc2)Sc2ccccc21. The molecule has 40 heavy (non-hydrogen) atoms. The van der Waals surface area contributed by atoms with Crippen LogP contribution in [0.1, 0.15) is 35.0 Å². The molecule has 0 saturated carbocycles. The number of esters is 1. The van der Waals surface area contributed by atoms with E-state index in [2.05, 4.69) is 18.7 Å². The highest BCUT2D eigenvalue weighted by molar-refractivity contribution is 7.99. The number of nitro groups is 1. The van der Waals surface area contributed by atoms with E-state index in [4.69, 9.17) is 21.1 Å². The molecule has 210 valence electrons. The van der Waals surface area contributed by atoms with Gasteiger partial charge in [0.1, 0.15) is 11.3 Å².